The second-order valence-electron chi connectivity index (χ2n) is 6.72. The van der Waals surface area contributed by atoms with Crippen LogP contribution in [0.5, 0.6) is 5.75 Å². The Morgan fingerprint density at radius 2 is 1.81 bits per heavy atom. The first-order valence-electron chi connectivity index (χ1n) is 9.71. The van der Waals surface area contributed by atoms with E-state index >= 15 is 0 Å². The predicted molar refractivity (Wildman–Crippen MR) is 125 cm³/mol. The summed E-state index contributed by atoms with van der Waals surface area (Å²) in [4.78, 5) is 24.1. The van der Waals surface area contributed by atoms with Gasteiger partial charge in [0.05, 0.1) is 18.5 Å². The first-order chi connectivity index (χ1) is 14.9. The van der Waals surface area contributed by atoms with E-state index < -0.39 is 11.8 Å². The number of halogens is 1. The minimum Gasteiger partial charge on any atom is -0.494 e. The fourth-order valence-electron chi connectivity index (χ4n) is 3.13. The van der Waals surface area contributed by atoms with E-state index in [0.717, 1.165) is 28.4 Å². The van der Waals surface area contributed by atoms with Crippen LogP contribution in [0.15, 0.2) is 64.2 Å². The second-order valence-corrected chi connectivity index (χ2v) is 7.58. The molecule has 31 heavy (non-hydrogen) atoms. The van der Waals surface area contributed by atoms with E-state index in [0.29, 0.717) is 16.8 Å². The number of rotatable bonds is 6. The van der Waals surface area contributed by atoms with Gasteiger partial charge in [0, 0.05) is 27.1 Å². The number of anilines is 1. The molecule has 0 radical (unpaired) electrons. The third kappa shape index (κ3) is 5.40. The van der Waals surface area contributed by atoms with Crippen LogP contribution in [0.1, 0.15) is 23.9 Å². The number of hydrogen-bond acceptors (Lipinski definition) is 4. The van der Waals surface area contributed by atoms with Gasteiger partial charge in [-0.2, -0.15) is 5.10 Å². The van der Waals surface area contributed by atoms with Crippen LogP contribution in [0.2, 0.25) is 0 Å². The standard InChI is InChI=1S/C23H23BrN4O3/c1-4-31-19-11-9-18(10-12-19)28-15(2)13-17(16(28)3)14-25-27-23(30)22(29)26-21-8-6-5-7-20(21)24/h5-14H,4H2,1-3H3,(H,26,29)(H,27,30)/b25-14-. The number of aromatic nitrogens is 1. The van der Waals surface area contributed by atoms with Crippen LogP contribution < -0.4 is 15.5 Å². The maximum absolute atomic E-state index is 12.1. The van der Waals surface area contributed by atoms with Crippen LogP contribution in [0.25, 0.3) is 5.69 Å². The summed E-state index contributed by atoms with van der Waals surface area (Å²) >= 11 is 3.32. The number of ether oxygens (including phenoxy) is 1. The fraction of sp³-hybridized carbons (Fsp3) is 0.174. The molecule has 0 atom stereocenters. The molecule has 2 aromatic carbocycles. The molecule has 2 N–H and O–H groups in total. The summed E-state index contributed by atoms with van der Waals surface area (Å²) in [5.41, 5.74) is 6.57. The van der Waals surface area contributed by atoms with Crippen molar-refractivity contribution in [2.24, 2.45) is 5.10 Å². The summed E-state index contributed by atoms with van der Waals surface area (Å²) in [6.45, 7) is 6.52. The third-order valence-electron chi connectivity index (χ3n) is 4.57. The maximum Gasteiger partial charge on any atom is 0.329 e. The fourth-order valence-corrected chi connectivity index (χ4v) is 3.51. The second kappa shape index (κ2) is 10.1. The Bertz CT molecular complexity index is 1120. The van der Waals surface area contributed by atoms with Crippen LogP contribution in [-0.2, 0) is 9.59 Å². The lowest BCUT2D eigenvalue weighted by molar-refractivity contribution is -0.136. The van der Waals surface area contributed by atoms with Crippen LogP contribution in [0.4, 0.5) is 5.69 Å². The van der Waals surface area contributed by atoms with Crippen molar-refractivity contribution in [1.29, 1.82) is 0 Å². The lowest BCUT2D eigenvalue weighted by Crippen LogP contribution is -2.32. The number of nitrogens with zero attached hydrogens (tertiary/aromatic N) is 2. The molecule has 1 heterocycles. The van der Waals surface area contributed by atoms with Gasteiger partial charge in [0.25, 0.3) is 0 Å². The molecule has 0 aliphatic rings. The minimum atomic E-state index is -0.854. The Kier molecular flexibility index (Phi) is 7.25. The zero-order valence-electron chi connectivity index (χ0n) is 17.5. The largest absolute Gasteiger partial charge is 0.494 e. The number of carbonyl (C=O) groups excluding carboxylic acids is 2. The molecule has 160 valence electrons. The summed E-state index contributed by atoms with van der Waals surface area (Å²) in [5, 5.41) is 6.48. The van der Waals surface area contributed by atoms with E-state index in [2.05, 4.69) is 36.3 Å². The van der Waals surface area contributed by atoms with Crippen molar-refractivity contribution in [3.8, 4) is 11.4 Å². The summed E-state index contributed by atoms with van der Waals surface area (Å²) in [6, 6.07) is 16.8. The van der Waals surface area contributed by atoms with E-state index in [1.807, 2.05) is 57.2 Å². The molecule has 0 spiro atoms. The first-order valence-corrected chi connectivity index (χ1v) is 10.5. The topological polar surface area (TPSA) is 84.7 Å². The smallest absolute Gasteiger partial charge is 0.329 e. The lowest BCUT2D eigenvalue weighted by atomic mass is 10.2. The summed E-state index contributed by atoms with van der Waals surface area (Å²) in [5.74, 6) is -0.838. The number of aryl methyl sites for hydroxylation is 1. The van der Waals surface area contributed by atoms with Gasteiger partial charge in [-0.15, -0.1) is 0 Å². The van der Waals surface area contributed by atoms with Gasteiger partial charge in [0.1, 0.15) is 5.75 Å². The van der Waals surface area contributed by atoms with Crippen molar-refractivity contribution in [3.63, 3.8) is 0 Å². The molecular weight excluding hydrogens is 460 g/mol. The average molecular weight is 483 g/mol. The minimum absolute atomic E-state index is 0.505. The van der Waals surface area contributed by atoms with Gasteiger partial charge in [-0.3, -0.25) is 9.59 Å². The van der Waals surface area contributed by atoms with Crippen molar-refractivity contribution in [2.45, 2.75) is 20.8 Å². The first kappa shape index (κ1) is 22.3. The Morgan fingerprint density at radius 1 is 1.10 bits per heavy atom. The Labute approximate surface area is 189 Å². The molecule has 2 amide bonds. The van der Waals surface area contributed by atoms with E-state index in [9.17, 15) is 9.59 Å². The molecule has 0 saturated carbocycles. The zero-order chi connectivity index (χ0) is 22.4. The molecule has 3 aromatic rings. The zero-order valence-corrected chi connectivity index (χ0v) is 19.1. The summed E-state index contributed by atoms with van der Waals surface area (Å²) in [6.07, 6.45) is 1.52. The number of carbonyl (C=O) groups is 2. The van der Waals surface area contributed by atoms with Gasteiger partial charge in [-0.25, -0.2) is 5.43 Å². The van der Waals surface area contributed by atoms with E-state index in [-0.39, 0.29) is 0 Å². The third-order valence-corrected chi connectivity index (χ3v) is 5.27. The molecule has 1 aromatic heterocycles. The number of para-hydroxylation sites is 1. The van der Waals surface area contributed by atoms with Crippen molar-refractivity contribution in [3.05, 3.63) is 76.0 Å². The normalized spacial score (nSPS) is 10.8. The van der Waals surface area contributed by atoms with Gasteiger partial charge in [-0.05, 0) is 79.2 Å². The molecule has 3 rings (SSSR count). The highest BCUT2D eigenvalue weighted by Crippen LogP contribution is 2.22. The maximum atomic E-state index is 12.1. The van der Waals surface area contributed by atoms with Crippen LogP contribution in [0, 0.1) is 13.8 Å². The molecular formula is C23H23BrN4O3. The number of hydrogen-bond donors (Lipinski definition) is 2. The van der Waals surface area contributed by atoms with Crippen molar-refractivity contribution in [1.82, 2.24) is 9.99 Å². The Hall–Kier alpha value is -3.39. The van der Waals surface area contributed by atoms with Gasteiger partial charge < -0.3 is 14.6 Å². The predicted octanol–water partition coefficient (Wildman–Crippen LogP) is 4.34. The van der Waals surface area contributed by atoms with Crippen molar-refractivity contribution < 1.29 is 14.3 Å². The number of amides is 2. The summed E-state index contributed by atoms with van der Waals surface area (Å²) < 4.78 is 8.26. The highest BCUT2D eigenvalue weighted by Gasteiger charge is 2.14. The van der Waals surface area contributed by atoms with Crippen LogP contribution in [-0.4, -0.2) is 29.2 Å². The highest BCUT2D eigenvalue weighted by atomic mass is 79.9. The van der Waals surface area contributed by atoms with Crippen molar-refractivity contribution in [2.75, 3.05) is 11.9 Å². The average Bonchev–Trinajstić information content (AvgIpc) is 3.03. The highest BCUT2D eigenvalue weighted by molar-refractivity contribution is 9.10. The van der Waals surface area contributed by atoms with Gasteiger partial charge >= 0.3 is 11.8 Å². The Morgan fingerprint density at radius 3 is 2.48 bits per heavy atom. The van der Waals surface area contributed by atoms with E-state index in [1.54, 1.807) is 18.2 Å². The number of hydrazone groups is 1. The quantitative estimate of drug-likeness (QED) is 0.311. The SMILES string of the molecule is CCOc1ccc(-n2c(C)cc(/C=N\NC(=O)C(=O)Nc3ccccc3Br)c2C)cc1. The molecule has 0 aliphatic carbocycles. The lowest BCUT2D eigenvalue weighted by Gasteiger charge is -2.11. The van der Waals surface area contributed by atoms with Crippen molar-refractivity contribution >= 4 is 39.6 Å². The number of nitrogens with one attached hydrogen (secondary N) is 2. The molecule has 0 unspecified atom stereocenters. The van der Waals surface area contributed by atoms with Gasteiger partial charge in [0.2, 0.25) is 0 Å². The molecule has 8 heteroatoms. The summed E-state index contributed by atoms with van der Waals surface area (Å²) in [7, 11) is 0. The molecule has 7 nitrogen and oxygen atoms in total. The molecule has 0 fully saturated rings. The number of benzene rings is 2. The van der Waals surface area contributed by atoms with E-state index in [1.165, 1.54) is 6.21 Å². The van der Waals surface area contributed by atoms with Gasteiger partial charge in [0.15, 0.2) is 0 Å². The van der Waals surface area contributed by atoms with Gasteiger partial charge in [-0.1, -0.05) is 12.1 Å². The molecule has 0 saturated heterocycles. The molecule has 0 bridgehead atoms. The Balaban J connectivity index is 1.67. The van der Waals surface area contributed by atoms with E-state index in [4.69, 9.17) is 4.74 Å². The van der Waals surface area contributed by atoms with Crippen LogP contribution >= 0.6 is 15.9 Å². The monoisotopic (exact) mass is 482 g/mol. The van der Waals surface area contributed by atoms with Crippen LogP contribution in [0.3, 0.4) is 0 Å². The molecule has 0 aliphatic heterocycles.